The number of rotatable bonds is 2. The summed E-state index contributed by atoms with van der Waals surface area (Å²) in [5, 5.41) is 31.0. The highest BCUT2D eigenvalue weighted by Gasteiger charge is 1.92. The SMILES string of the molecule is CC(=O)O.CC(=O)O.COC(O)CO. The van der Waals surface area contributed by atoms with Crippen molar-refractivity contribution in [1.82, 2.24) is 0 Å². The van der Waals surface area contributed by atoms with E-state index in [0.717, 1.165) is 13.8 Å². The van der Waals surface area contributed by atoms with Crippen molar-refractivity contribution in [2.45, 2.75) is 20.1 Å². The second-order valence-corrected chi connectivity index (χ2v) is 1.91. The molecule has 0 radical (unpaired) electrons. The fraction of sp³-hybridized carbons (Fsp3) is 0.714. The summed E-state index contributed by atoms with van der Waals surface area (Å²) in [5.41, 5.74) is 0. The Morgan fingerprint density at radius 1 is 1.21 bits per heavy atom. The molecule has 0 aliphatic heterocycles. The number of carboxylic acid groups (broad SMARTS) is 2. The molecule has 86 valence electrons. The molecule has 0 saturated carbocycles. The van der Waals surface area contributed by atoms with Gasteiger partial charge in [0.2, 0.25) is 0 Å². The number of carboxylic acids is 2. The number of ether oxygens (including phenoxy) is 1. The molecule has 0 heterocycles. The number of aliphatic hydroxyl groups is 2. The predicted molar refractivity (Wildman–Crippen MR) is 46.7 cm³/mol. The van der Waals surface area contributed by atoms with Crippen molar-refractivity contribution in [3.63, 3.8) is 0 Å². The Labute approximate surface area is 81.6 Å². The van der Waals surface area contributed by atoms with Crippen molar-refractivity contribution in [2.75, 3.05) is 13.7 Å². The molecule has 0 rings (SSSR count). The monoisotopic (exact) mass is 212 g/mol. The van der Waals surface area contributed by atoms with E-state index < -0.39 is 18.2 Å². The summed E-state index contributed by atoms with van der Waals surface area (Å²) in [5.74, 6) is -1.67. The highest BCUT2D eigenvalue weighted by atomic mass is 16.6. The van der Waals surface area contributed by atoms with E-state index in [-0.39, 0.29) is 6.61 Å². The zero-order valence-corrected chi connectivity index (χ0v) is 8.30. The van der Waals surface area contributed by atoms with Gasteiger partial charge < -0.3 is 25.2 Å². The summed E-state index contributed by atoms with van der Waals surface area (Å²) in [6.07, 6.45) is -1.01. The van der Waals surface area contributed by atoms with Crippen LogP contribution in [0.25, 0.3) is 0 Å². The van der Waals surface area contributed by atoms with Gasteiger partial charge >= 0.3 is 0 Å². The molecule has 0 aliphatic rings. The van der Waals surface area contributed by atoms with Crippen molar-refractivity contribution in [3.8, 4) is 0 Å². The maximum absolute atomic E-state index is 9.00. The van der Waals surface area contributed by atoms with Gasteiger partial charge in [-0.2, -0.15) is 0 Å². The maximum Gasteiger partial charge on any atom is 0.300 e. The fourth-order valence-electron chi connectivity index (χ4n) is 0.0745. The molecule has 14 heavy (non-hydrogen) atoms. The lowest BCUT2D eigenvalue weighted by molar-refractivity contribution is -0.135. The summed E-state index contributed by atoms with van der Waals surface area (Å²) >= 11 is 0. The average molecular weight is 212 g/mol. The third-order valence-electron chi connectivity index (χ3n) is 0.428. The molecular formula is C7H16O7. The highest BCUT2D eigenvalue weighted by molar-refractivity contribution is 5.63. The molecule has 1 atom stereocenters. The largest absolute Gasteiger partial charge is 0.481 e. The van der Waals surface area contributed by atoms with Crippen LogP contribution in [0.15, 0.2) is 0 Å². The van der Waals surface area contributed by atoms with Gasteiger partial charge in [-0.1, -0.05) is 0 Å². The Hall–Kier alpha value is -1.18. The first-order valence-electron chi connectivity index (χ1n) is 3.48. The molecule has 1 unspecified atom stereocenters. The van der Waals surface area contributed by atoms with Gasteiger partial charge in [-0.3, -0.25) is 9.59 Å². The molecule has 7 heteroatoms. The minimum absolute atomic E-state index is 0.337. The van der Waals surface area contributed by atoms with Crippen molar-refractivity contribution < 1.29 is 34.8 Å². The fourth-order valence-corrected chi connectivity index (χ4v) is 0.0745. The van der Waals surface area contributed by atoms with Gasteiger partial charge in [0.05, 0.1) is 6.61 Å². The summed E-state index contributed by atoms with van der Waals surface area (Å²) in [7, 11) is 1.32. The van der Waals surface area contributed by atoms with E-state index in [9.17, 15) is 0 Å². The minimum atomic E-state index is -1.01. The van der Waals surface area contributed by atoms with Crippen LogP contribution >= 0.6 is 0 Å². The van der Waals surface area contributed by atoms with Crippen LogP contribution in [0.3, 0.4) is 0 Å². The summed E-state index contributed by atoms with van der Waals surface area (Å²) < 4.78 is 4.20. The Bertz CT molecular complexity index is 121. The molecule has 0 saturated heterocycles. The minimum Gasteiger partial charge on any atom is -0.481 e. The second-order valence-electron chi connectivity index (χ2n) is 1.91. The molecular weight excluding hydrogens is 196 g/mol. The normalized spacial score (nSPS) is 9.79. The highest BCUT2D eigenvalue weighted by Crippen LogP contribution is 1.75. The smallest absolute Gasteiger partial charge is 0.300 e. The lowest BCUT2D eigenvalue weighted by Crippen LogP contribution is -2.12. The van der Waals surface area contributed by atoms with Gasteiger partial charge in [-0.15, -0.1) is 0 Å². The van der Waals surface area contributed by atoms with Crippen LogP contribution in [0.4, 0.5) is 0 Å². The lowest BCUT2D eigenvalue weighted by atomic mass is 10.7. The molecule has 4 N–H and O–H groups in total. The topological polar surface area (TPSA) is 124 Å². The van der Waals surface area contributed by atoms with E-state index >= 15 is 0 Å². The molecule has 0 amide bonds. The van der Waals surface area contributed by atoms with Crippen LogP contribution in [-0.2, 0) is 14.3 Å². The van der Waals surface area contributed by atoms with Gasteiger partial charge in [0.25, 0.3) is 11.9 Å². The first-order chi connectivity index (χ1) is 6.27. The van der Waals surface area contributed by atoms with E-state index in [4.69, 9.17) is 30.0 Å². The molecule has 0 aromatic heterocycles. The molecule has 7 nitrogen and oxygen atoms in total. The first kappa shape index (κ1) is 18.6. The van der Waals surface area contributed by atoms with Crippen molar-refractivity contribution in [3.05, 3.63) is 0 Å². The summed E-state index contributed by atoms with van der Waals surface area (Å²) in [6, 6.07) is 0. The second kappa shape index (κ2) is 14.3. The Morgan fingerprint density at radius 3 is 1.43 bits per heavy atom. The molecule has 0 aliphatic carbocycles. The van der Waals surface area contributed by atoms with E-state index in [1.165, 1.54) is 7.11 Å². The van der Waals surface area contributed by atoms with E-state index in [2.05, 4.69) is 4.74 Å². The van der Waals surface area contributed by atoms with Crippen LogP contribution < -0.4 is 0 Å². The van der Waals surface area contributed by atoms with Gasteiger partial charge in [-0.05, 0) is 0 Å². The zero-order valence-electron chi connectivity index (χ0n) is 8.30. The third-order valence-corrected chi connectivity index (χ3v) is 0.428. The lowest BCUT2D eigenvalue weighted by Gasteiger charge is -1.99. The first-order valence-corrected chi connectivity index (χ1v) is 3.48. The summed E-state index contributed by atoms with van der Waals surface area (Å²) in [6.45, 7) is 1.83. The molecule has 0 aromatic rings. The van der Waals surface area contributed by atoms with Crippen molar-refractivity contribution >= 4 is 11.9 Å². The zero-order chi connectivity index (χ0) is 12.1. The number of carbonyl (C=O) groups is 2. The number of hydrogen-bond acceptors (Lipinski definition) is 5. The third kappa shape index (κ3) is 131. The Morgan fingerprint density at radius 2 is 1.43 bits per heavy atom. The molecule has 0 fully saturated rings. The number of aliphatic hydroxyl groups excluding tert-OH is 2. The molecule has 0 aromatic carbocycles. The van der Waals surface area contributed by atoms with Crippen LogP contribution in [0, 0.1) is 0 Å². The van der Waals surface area contributed by atoms with E-state index in [1.807, 2.05) is 0 Å². The number of aliphatic carboxylic acids is 2. The van der Waals surface area contributed by atoms with Gasteiger partial charge in [0.15, 0.2) is 6.29 Å². The standard InChI is InChI=1S/C3H8O3.2C2H4O2/c1-6-3(5)2-4;2*1-2(3)4/h3-5H,2H2,1H3;2*1H3,(H,3,4). The molecule has 0 bridgehead atoms. The van der Waals surface area contributed by atoms with Crippen LogP contribution in [0.1, 0.15) is 13.8 Å². The summed E-state index contributed by atoms with van der Waals surface area (Å²) in [4.78, 5) is 18.0. The Kier molecular flexibility index (Phi) is 19.0. The van der Waals surface area contributed by atoms with Crippen LogP contribution in [-0.4, -0.2) is 52.4 Å². The molecule has 0 spiro atoms. The Balaban J connectivity index is -0.000000135. The quantitative estimate of drug-likeness (QED) is 0.438. The van der Waals surface area contributed by atoms with Crippen molar-refractivity contribution in [1.29, 1.82) is 0 Å². The average Bonchev–Trinajstić information content (AvgIpc) is 2.01. The van der Waals surface area contributed by atoms with Gasteiger partial charge in [0.1, 0.15) is 0 Å². The number of hydrogen-bond donors (Lipinski definition) is 4. The van der Waals surface area contributed by atoms with Crippen LogP contribution in [0.2, 0.25) is 0 Å². The van der Waals surface area contributed by atoms with Crippen LogP contribution in [0.5, 0.6) is 0 Å². The van der Waals surface area contributed by atoms with Crippen molar-refractivity contribution in [2.24, 2.45) is 0 Å². The number of methoxy groups -OCH3 is 1. The van der Waals surface area contributed by atoms with E-state index in [0.29, 0.717) is 0 Å². The van der Waals surface area contributed by atoms with E-state index in [1.54, 1.807) is 0 Å². The predicted octanol–water partition coefficient (Wildman–Crippen LogP) is -0.875. The maximum atomic E-state index is 9.00. The van der Waals surface area contributed by atoms with Gasteiger partial charge in [-0.25, -0.2) is 0 Å². The van der Waals surface area contributed by atoms with Gasteiger partial charge in [0, 0.05) is 21.0 Å².